The first-order valence-corrected chi connectivity index (χ1v) is 10.8. The summed E-state index contributed by atoms with van der Waals surface area (Å²) in [7, 11) is 0. The van der Waals surface area contributed by atoms with Gasteiger partial charge in [-0.25, -0.2) is 4.39 Å². The first-order chi connectivity index (χ1) is 13.7. The molecule has 29 heavy (non-hydrogen) atoms. The minimum atomic E-state index is -0.230. The number of halogens is 3. The largest absolute Gasteiger partial charge is 0.482 e. The number of hydrogen-bond donors (Lipinski definition) is 0. The highest BCUT2D eigenvalue weighted by molar-refractivity contribution is 9.10. The van der Waals surface area contributed by atoms with Crippen molar-refractivity contribution < 1.29 is 13.9 Å². The summed E-state index contributed by atoms with van der Waals surface area (Å²) in [5.74, 6) is 0.259. The molecule has 1 amide bonds. The van der Waals surface area contributed by atoms with E-state index in [4.69, 9.17) is 16.3 Å². The Hall–Kier alpha value is -1.63. The van der Waals surface area contributed by atoms with Crippen LogP contribution < -0.4 is 4.74 Å². The number of ether oxygens (including phenoxy) is 1. The number of nitrogens with zero attached hydrogens (tertiary/aromatic N) is 2. The molecule has 1 saturated heterocycles. The van der Waals surface area contributed by atoms with Crippen LogP contribution in [0.2, 0.25) is 5.02 Å². The van der Waals surface area contributed by atoms with E-state index in [2.05, 4.69) is 27.8 Å². The fraction of sp³-hybridized carbons (Fsp3) is 0.409. The van der Waals surface area contributed by atoms with Crippen molar-refractivity contribution in [2.24, 2.45) is 0 Å². The zero-order valence-electron chi connectivity index (χ0n) is 16.8. The highest BCUT2D eigenvalue weighted by Gasteiger charge is 2.32. The van der Waals surface area contributed by atoms with E-state index in [1.54, 1.807) is 6.07 Å². The Balaban J connectivity index is 1.59. The molecule has 2 atom stereocenters. The number of hydrogen-bond acceptors (Lipinski definition) is 3. The van der Waals surface area contributed by atoms with Crippen molar-refractivity contribution in [1.29, 1.82) is 0 Å². The van der Waals surface area contributed by atoms with E-state index in [9.17, 15) is 9.18 Å². The topological polar surface area (TPSA) is 32.8 Å². The molecule has 0 spiro atoms. The zero-order chi connectivity index (χ0) is 21.1. The predicted molar refractivity (Wildman–Crippen MR) is 117 cm³/mol. The smallest absolute Gasteiger partial charge is 0.260 e. The Morgan fingerprint density at radius 1 is 1.21 bits per heavy atom. The van der Waals surface area contributed by atoms with E-state index < -0.39 is 0 Å². The number of rotatable bonds is 5. The van der Waals surface area contributed by atoms with E-state index >= 15 is 0 Å². The number of amides is 1. The Kier molecular flexibility index (Phi) is 7.19. The maximum Gasteiger partial charge on any atom is 0.260 e. The Morgan fingerprint density at radius 3 is 2.55 bits per heavy atom. The monoisotopic (exact) mass is 482 g/mol. The molecule has 1 aliphatic rings. The first kappa shape index (κ1) is 22.1. The number of benzene rings is 2. The standard InChI is InChI=1S/C22H25BrClFN2O2/c1-14-8-18(23)9-20(24)22(14)29-13-21(28)27-11-15(2)26(10-16(27)3)12-17-4-6-19(25)7-5-17/h4-9,15-16H,10-13H2,1-3H3. The summed E-state index contributed by atoms with van der Waals surface area (Å²) in [4.78, 5) is 17.0. The van der Waals surface area contributed by atoms with Gasteiger partial charge in [0.05, 0.1) is 5.02 Å². The molecular weight excluding hydrogens is 459 g/mol. The van der Waals surface area contributed by atoms with Crippen molar-refractivity contribution in [2.45, 2.75) is 39.4 Å². The minimum absolute atomic E-state index is 0.0444. The molecule has 2 aromatic rings. The summed E-state index contributed by atoms with van der Waals surface area (Å²) in [6, 6.07) is 10.5. The molecule has 1 heterocycles. The van der Waals surface area contributed by atoms with E-state index in [0.29, 0.717) is 17.3 Å². The van der Waals surface area contributed by atoms with Gasteiger partial charge < -0.3 is 9.64 Å². The van der Waals surface area contributed by atoms with Gasteiger partial charge in [-0.1, -0.05) is 39.7 Å². The lowest BCUT2D eigenvalue weighted by Gasteiger charge is -2.44. The SMILES string of the molecule is Cc1cc(Br)cc(Cl)c1OCC(=O)N1CC(C)N(Cc2ccc(F)cc2)CC1C. The molecule has 4 nitrogen and oxygen atoms in total. The lowest BCUT2D eigenvalue weighted by molar-refractivity contribution is -0.139. The summed E-state index contributed by atoms with van der Waals surface area (Å²) < 4.78 is 19.8. The summed E-state index contributed by atoms with van der Waals surface area (Å²) >= 11 is 9.65. The average molecular weight is 484 g/mol. The Bertz CT molecular complexity index is 855. The predicted octanol–water partition coefficient (Wildman–Crippen LogP) is 5.05. The third-order valence-corrected chi connectivity index (χ3v) is 6.01. The summed E-state index contributed by atoms with van der Waals surface area (Å²) in [6.07, 6.45) is 0. The van der Waals surface area contributed by atoms with E-state index in [1.807, 2.05) is 36.9 Å². The van der Waals surface area contributed by atoms with Crippen LogP contribution in [-0.2, 0) is 11.3 Å². The maximum absolute atomic E-state index is 13.1. The van der Waals surface area contributed by atoms with Gasteiger partial charge in [-0.2, -0.15) is 0 Å². The summed E-state index contributed by atoms with van der Waals surface area (Å²) in [5.41, 5.74) is 1.94. The minimum Gasteiger partial charge on any atom is -0.482 e. The van der Waals surface area contributed by atoms with Gasteiger partial charge in [0.15, 0.2) is 6.61 Å². The molecule has 0 radical (unpaired) electrons. The number of carbonyl (C=O) groups is 1. The zero-order valence-corrected chi connectivity index (χ0v) is 19.1. The molecule has 0 bridgehead atoms. The van der Waals surface area contributed by atoms with Crippen LogP contribution in [0.15, 0.2) is 40.9 Å². The van der Waals surface area contributed by atoms with Crippen molar-refractivity contribution in [3.63, 3.8) is 0 Å². The van der Waals surface area contributed by atoms with Gasteiger partial charge in [-0.3, -0.25) is 9.69 Å². The van der Waals surface area contributed by atoms with Crippen LogP contribution in [-0.4, -0.2) is 47.5 Å². The second kappa shape index (κ2) is 9.45. The fourth-order valence-electron chi connectivity index (χ4n) is 3.68. The average Bonchev–Trinajstić information content (AvgIpc) is 2.65. The van der Waals surface area contributed by atoms with Crippen molar-refractivity contribution in [1.82, 2.24) is 9.80 Å². The van der Waals surface area contributed by atoms with E-state index in [-0.39, 0.29) is 30.4 Å². The summed E-state index contributed by atoms with van der Waals surface area (Å²) in [5, 5.41) is 0.482. The highest BCUT2D eigenvalue weighted by atomic mass is 79.9. The van der Waals surface area contributed by atoms with Crippen molar-refractivity contribution >= 4 is 33.4 Å². The molecule has 0 aliphatic carbocycles. The molecule has 2 aromatic carbocycles. The lowest BCUT2D eigenvalue weighted by Crippen LogP contribution is -2.58. The molecule has 2 unspecified atom stereocenters. The summed E-state index contributed by atoms with van der Waals surface area (Å²) in [6.45, 7) is 8.11. The van der Waals surface area contributed by atoms with Crippen LogP contribution >= 0.6 is 27.5 Å². The third kappa shape index (κ3) is 5.50. The van der Waals surface area contributed by atoms with Gasteiger partial charge in [0.25, 0.3) is 5.91 Å². The molecule has 1 aliphatic heterocycles. The Labute approximate surface area is 184 Å². The van der Waals surface area contributed by atoms with Crippen molar-refractivity contribution in [2.75, 3.05) is 19.7 Å². The van der Waals surface area contributed by atoms with Crippen LogP contribution in [0.4, 0.5) is 4.39 Å². The maximum atomic E-state index is 13.1. The quantitative estimate of drug-likeness (QED) is 0.597. The molecule has 156 valence electrons. The molecule has 0 saturated carbocycles. The number of carbonyl (C=O) groups excluding carboxylic acids is 1. The van der Waals surface area contributed by atoms with E-state index in [0.717, 1.165) is 28.7 Å². The fourth-order valence-corrected chi connectivity index (χ4v) is 4.70. The second-order valence-electron chi connectivity index (χ2n) is 7.62. The highest BCUT2D eigenvalue weighted by Crippen LogP contribution is 2.32. The molecule has 7 heteroatoms. The molecular formula is C22H25BrClFN2O2. The lowest BCUT2D eigenvalue weighted by atomic mass is 10.1. The van der Waals surface area contributed by atoms with Gasteiger partial charge in [0.1, 0.15) is 11.6 Å². The molecule has 3 rings (SSSR count). The van der Waals surface area contributed by atoms with Crippen LogP contribution in [0.1, 0.15) is 25.0 Å². The van der Waals surface area contributed by atoms with E-state index in [1.165, 1.54) is 12.1 Å². The van der Waals surface area contributed by atoms with Gasteiger partial charge in [0.2, 0.25) is 0 Å². The van der Waals surface area contributed by atoms with Crippen LogP contribution in [0.3, 0.4) is 0 Å². The second-order valence-corrected chi connectivity index (χ2v) is 8.95. The first-order valence-electron chi connectivity index (χ1n) is 9.61. The van der Waals surface area contributed by atoms with Gasteiger partial charge in [0, 0.05) is 36.2 Å². The van der Waals surface area contributed by atoms with Crippen LogP contribution in [0.5, 0.6) is 5.75 Å². The number of aryl methyl sites for hydroxylation is 1. The van der Waals surface area contributed by atoms with Crippen LogP contribution in [0, 0.1) is 12.7 Å². The molecule has 0 N–H and O–H groups in total. The third-order valence-electron chi connectivity index (χ3n) is 5.27. The van der Waals surface area contributed by atoms with Gasteiger partial charge >= 0.3 is 0 Å². The Morgan fingerprint density at radius 2 is 1.90 bits per heavy atom. The van der Waals surface area contributed by atoms with Gasteiger partial charge in [-0.15, -0.1) is 0 Å². The van der Waals surface area contributed by atoms with Crippen LogP contribution in [0.25, 0.3) is 0 Å². The molecule has 0 aromatic heterocycles. The van der Waals surface area contributed by atoms with Gasteiger partial charge in [-0.05, 0) is 56.2 Å². The normalized spacial score (nSPS) is 20.0. The number of piperazine rings is 1. The molecule has 1 fully saturated rings. The van der Waals surface area contributed by atoms with Crippen molar-refractivity contribution in [3.05, 3.63) is 62.8 Å². The van der Waals surface area contributed by atoms with Crippen molar-refractivity contribution in [3.8, 4) is 5.75 Å².